The van der Waals surface area contributed by atoms with Gasteiger partial charge in [-0.1, -0.05) is 23.7 Å². The molecule has 34 heavy (non-hydrogen) atoms. The third-order valence-corrected chi connectivity index (χ3v) is 9.00. The topological polar surface area (TPSA) is 97.8 Å². The van der Waals surface area contributed by atoms with E-state index in [1.54, 1.807) is 18.5 Å². The molecule has 0 amide bonds. The number of benzene rings is 1. The van der Waals surface area contributed by atoms with E-state index in [1.807, 2.05) is 38.1 Å². The molecule has 1 aliphatic rings. The number of hydrogen-bond acceptors (Lipinski definition) is 6. The third-order valence-electron chi connectivity index (χ3n) is 6.37. The molecule has 4 aromatic rings. The summed E-state index contributed by atoms with van der Waals surface area (Å²) in [7, 11) is -3.09. The van der Waals surface area contributed by atoms with Crippen molar-refractivity contribution in [3.63, 3.8) is 0 Å². The van der Waals surface area contributed by atoms with Crippen LogP contribution in [0.4, 0.5) is 0 Å². The lowest BCUT2D eigenvalue weighted by atomic mass is 10.0. The van der Waals surface area contributed by atoms with Crippen molar-refractivity contribution in [1.82, 2.24) is 20.2 Å². The molecule has 1 unspecified atom stereocenters. The van der Waals surface area contributed by atoms with Gasteiger partial charge >= 0.3 is 0 Å². The predicted octanol–water partition coefficient (Wildman–Crippen LogP) is 4.99. The molecular formula is C25H25ClN4O3S. The van der Waals surface area contributed by atoms with E-state index in [1.165, 1.54) is 0 Å². The van der Waals surface area contributed by atoms with Crippen molar-refractivity contribution in [3.8, 4) is 17.0 Å². The van der Waals surface area contributed by atoms with E-state index in [4.69, 9.17) is 21.3 Å². The van der Waals surface area contributed by atoms with Gasteiger partial charge in [0.25, 0.3) is 0 Å². The number of pyridine rings is 2. The van der Waals surface area contributed by atoms with Crippen LogP contribution in [-0.2, 0) is 22.9 Å². The minimum Gasteiger partial charge on any atom is -0.486 e. The molecule has 7 nitrogen and oxygen atoms in total. The van der Waals surface area contributed by atoms with Crippen LogP contribution >= 0.6 is 11.6 Å². The van der Waals surface area contributed by atoms with Crippen molar-refractivity contribution in [2.75, 3.05) is 5.75 Å². The number of ether oxygens (including phenoxy) is 1. The average molecular weight is 497 g/mol. The van der Waals surface area contributed by atoms with E-state index in [-0.39, 0.29) is 12.4 Å². The Morgan fingerprint density at radius 1 is 1.24 bits per heavy atom. The summed E-state index contributed by atoms with van der Waals surface area (Å²) in [4.78, 5) is 9.21. The van der Waals surface area contributed by atoms with Crippen LogP contribution in [0.25, 0.3) is 22.2 Å². The lowest BCUT2D eigenvalue weighted by Gasteiger charge is -2.16. The van der Waals surface area contributed by atoms with Crippen molar-refractivity contribution in [1.29, 1.82) is 0 Å². The minimum absolute atomic E-state index is 0.169. The first-order valence-electron chi connectivity index (χ1n) is 11.2. The summed E-state index contributed by atoms with van der Waals surface area (Å²) in [6.07, 6.45) is 5.10. The highest BCUT2D eigenvalue weighted by Gasteiger charge is 2.32. The zero-order valence-corrected chi connectivity index (χ0v) is 20.6. The van der Waals surface area contributed by atoms with Crippen LogP contribution in [0.3, 0.4) is 0 Å². The summed E-state index contributed by atoms with van der Waals surface area (Å²) in [6.45, 7) is 4.13. The number of fused-ring (bicyclic) bond motifs is 1. The Hall–Kier alpha value is -2.97. The number of nitrogens with zero attached hydrogens (tertiary/aromatic N) is 3. The molecule has 3 aromatic heterocycles. The molecule has 1 aliphatic heterocycles. The molecule has 0 radical (unpaired) electrons. The molecular weight excluding hydrogens is 472 g/mol. The number of para-hydroxylation sites is 1. The van der Waals surface area contributed by atoms with Crippen molar-refractivity contribution in [3.05, 3.63) is 70.3 Å². The van der Waals surface area contributed by atoms with Crippen LogP contribution < -0.4 is 4.74 Å². The first-order chi connectivity index (χ1) is 16.3. The van der Waals surface area contributed by atoms with E-state index in [9.17, 15) is 8.42 Å². The van der Waals surface area contributed by atoms with Gasteiger partial charge in [0.2, 0.25) is 0 Å². The molecule has 176 valence electrons. The van der Waals surface area contributed by atoms with E-state index in [0.29, 0.717) is 41.3 Å². The van der Waals surface area contributed by atoms with E-state index in [0.717, 1.165) is 33.4 Å². The molecule has 4 heterocycles. The fourth-order valence-electron chi connectivity index (χ4n) is 4.58. The van der Waals surface area contributed by atoms with Crippen LogP contribution in [0.5, 0.6) is 5.75 Å². The highest BCUT2D eigenvalue weighted by Crippen LogP contribution is 2.34. The van der Waals surface area contributed by atoms with Gasteiger partial charge in [-0.3, -0.25) is 10.1 Å². The molecule has 9 heteroatoms. The maximum absolute atomic E-state index is 12.4. The normalized spacial score (nSPS) is 17.3. The molecule has 1 fully saturated rings. The second-order valence-electron chi connectivity index (χ2n) is 8.73. The first kappa shape index (κ1) is 22.8. The van der Waals surface area contributed by atoms with Gasteiger partial charge in [0, 0.05) is 40.5 Å². The summed E-state index contributed by atoms with van der Waals surface area (Å²) in [5.41, 5.74) is 5.98. The summed E-state index contributed by atoms with van der Waals surface area (Å²) in [5, 5.41) is 8.29. The Kier molecular flexibility index (Phi) is 6.04. The number of halogens is 1. The zero-order valence-electron chi connectivity index (χ0n) is 19.0. The predicted molar refractivity (Wildman–Crippen MR) is 133 cm³/mol. The van der Waals surface area contributed by atoms with Crippen molar-refractivity contribution < 1.29 is 13.2 Å². The maximum Gasteiger partial charge on any atom is 0.153 e. The molecule has 0 spiro atoms. The van der Waals surface area contributed by atoms with Crippen molar-refractivity contribution in [2.45, 2.75) is 45.0 Å². The second-order valence-corrected chi connectivity index (χ2v) is 11.5. The number of hydrogen-bond donors (Lipinski definition) is 1. The van der Waals surface area contributed by atoms with Gasteiger partial charge in [-0.05, 0) is 50.5 Å². The maximum atomic E-state index is 12.4. The standard InChI is InChI=1S/C25H25ClN4O3S/c1-15-13-28-30-24(15)19-11-16(2)29-25-18(19)6-3-7-23(25)33-14-20-21(26)8-9-27-22(20)12-17-5-4-10-34(17,31)32/h3,6-9,11,13,17H,4-5,10,12,14H2,1-2H3,(H,28,30). The number of sulfone groups is 1. The van der Waals surface area contributed by atoms with Crippen LogP contribution in [0, 0.1) is 13.8 Å². The summed E-state index contributed by atoms with van der Waals surface area (Å²) < 4.78 is 31.0. The number of aryl methyl sites for hydroxylation is 2. The molecule has 0 saturated carbocycles. The van der Waals surface area contributed by atoms with Gasteiger partial charge in [0.05, 0.1) is 27.9 Å². The van der Waals surface area contributed by atoms with Crippen LogP contribution in [0.15, 0.2) is 42.7 Å². The van der Waals surface area contributed by atoms with Gasteiger partial charge in [-0.25, -0.2) is 13.4 Å². The van der Waals surface area contributed by atoms with Gasteiger partial charge in [0.15, 0.2) is 9.84 Å². The monoisotopic (exact) mass is 496 g/mol. The Labute approximate surface area is 203 Å². The zero-order chi connectivity index (χ0) is 23.9. The van der Waals surface area contributed by atoms with Crippen LogP contribution in [0.1, 0.15) is 35.4 Å². The number of nitrogens with one attached hydrogen (secondary N) is 1. The molecule has 0 bridgehead atoms. The fourth-order valence-corrected chi connectivity index (χ4v) is 6.64. The highest BCUT2D eigenvalue weighted by molar-refractivity contribution is 7.92. The van der Waals surface area contributed by atoms with Gasteiger partial charge in [-0.15, -0.1) is 0 Å². The van der Waals surface area contributed by atoms with Gasteiger partial charge < -0.3 is 4.74 Å². The number of H-pyrrole nitrogens is 1. The summed E-state index contributed by atoms with van der Waals surface area (Å²) >= 11 is 6.51. The number of aromatic amines is 1. The van der Waals surface area contributed by atoms with Crippen molar-refractivity contribution in [2.24, 2.45) is 0 Å². The minimum atomic E-state index is -3.09. The van der Waals surface area contributed by atoms with Crippen LogP contribution in [-0.4, -0.2) is 39.6 Å². The molecule has 5 rings (SSSR count). The van der Waals surface area contributed by atoms with Gasteiger partial charge in [0.1, 0.15) is 17.9 Å². The highest BCUT2D eigenvalue weighted by atomic mass is 35.5. The quantitative estimate of drug-likeness (QED) is 0.404. The third kappa shape index (κ3) is 4.28. The smallest absolute Gasteiger partial charge is 0.153 e. The molecule has 1 saturated heterocycles. The number of rotatable bonds is 6. The van der Waals surface area contributed by atoms with E-state index >= 15 is 0 Å². The fraction of sp³-hybridized carbons (Fsp3) is 0.320. The molecule has 1 atom stereocenters. The second kappa shape index (κ2) is 9.00. The van der Waals surface area contributed by atoms with Gasteiger partial charge in [-0.2, -0.15) is 5.10 Å². The first-order valence-corrected chi connectivity index (χ1v) is 13.3. The Morgan fingerprint density at radius 2 is 2.09 bits per heavy atom. The average Bonchev–Trinajstić information content (AvgIpc) is 3.37. The SMILES string of the molecule is Cc1cc(-c2[nH]ncc2C)c2cccc(OCc3c(Cl)ccnc3CC3CCCS3(=O)=O)c2n1. The van der Waals surface area contributed by atoms with Crippen molar-refractivity contribution >= 4 is 32.3 Å². The summed E-state index contributed by atoms with van der Waals surface area (Å²) in [6, 6.07) is 9.56. The molecule has 1 N–H and O–H groups in total. The Morgan fingerprint density at radius 3 is 2.82 bits per heavy atom. The molecule has 0 aliphatic carbocycles. The summed E-state index contributed by atoms with van der Waals surface area (Å²) in [5.74, 6) is 0.863. The van der Waals surface area contributed by atoms with E-state index in [2.05, 4.69) is 15.2 Å². The molecule has 1 aromatic carbocycles. The number of aromatic nitrogens is 4. The Bertz CT molecular complexity index is 1480. The Balaban J connectivity index is 1.49. The lowest BCUT2D eigenvalue weighted by Crippen LogP contribution is -2.20. The largest absolute Gasteiger partial charge is 0.486 e. The lowest BCUT2D eigenvalue weighted by molar-refractivity contribution is 0.307. The van der Waals surface area contributed by atoms with Crippen LogP contribution in [0.2, 0.25) is 5.02 Å². The van der Waals surface area contributed by atoms with E-state index < -0.39 is 15.1 Å².